The number of hydrogen-bond acceptors (Lipinski definition) is 3. The second-order valence-corrected chi connectivity index (χ2v) is 4.36. The smallest absolute Gasteiger partial charge is 0.119 e. The van der Waals surface area contributed by atoms with Crippen molar-refractivity contribution in [2.75, 3.05) is 7.11 Å². The molecule has 15 heavy (non-hydrogen) atoms. The summed E-state index contributed by atoms with van der Waals surface area (Å²) in [7, 11) is 1.63. The summed E-state index contributed by atoms with van der Waals surface area (Å²) in [6.45, 7) is 0. The molecule has 0 saturated heterocycles. The van der Waals surface area contributed by atoms with Crippen LogP contribution in [-0.4, -0.2) is 17.8 Å². The van der Waals surface area contributed by atoms with Gasteiger partial charge in [-0.25, -0.2) is 0 Å². The normalized spacial score (nSPS) is 17.5. The van der Waals surface area contributed by atoms with Gasteiger partial charge in [-0.15, -0.1) is 0 Å². The largest absolute Gasteiger partial charge is 0.508 e. The number of hydrogen-bond donors (Lipinski definition) is 2. The van der Waals surface area contributed by atoms with Crippen molar-refractivity contribution in [1.29, 1.82) is 0 Å². The molecule has 0 bridgehead atoms. The lowest BCUT2D eigenvalue weighted by Crippen LogP contribution is -2.22. The highest BCUT2D eigenvalue weighted by Gasteiger charge is 2.37. The summed E-state index contributed by atoms with van der Waals surface area (Å²) in [5, 5.41) is 9.65. The highest BCUT2D eigenvalue weighted by Crippen LogP contribution is 2.37. The van der Waals surface area contributed by atoms with Crippen molar-refractivity contribution in [2.24, 2.45) is 5.73 Å². The summed E-state index contributed by atoms with van der Waals surface area (Å²) < 4.78 is 5.12. The zero-order valence-corrected chi connectivity index (χ0v) is 8.99. The Morgan fingerprint density at radius 3 is 2.80 bits per heavy atom. The fraction of sp³-hybridized carbons (Fsp3) is 0.500. The van der Waals surface area contributed by atoms with Crippen LogP contribution in [0.1, 0.15) is 24.8 Å². The first-order valence-electron chi connectivity index (χ1n) is 5.28. The lowest BCUT2D eigenvalue weighted by Gasteiger charge is -2.10. The van der Waals surface area contributed by atoms with Crippen molar-refractivity contribution in [3.05, 3.63) is 23.8 Å². The topological polar surface area (TPSA) is 55.5 Å². The lowest BCUT2D eigenvalue weighted by molar-refractivity contribution is 0.410. The Kier molecular flexibility index (Phi) is 2.57. The number of methoxy groups -OCH3 is 1. The predicted molar refractivity (Wildman–Crippen MR) is 59.1 cm³/mol. The summed E-state index contributed by atoms with van der Waals surface area (Å²) in [4.78, 5) is 0. The molecule has 0 aliphatic heterocycles. The van der Waals surface area contributed by atoms with Crippen molar-refractivity contribution >= 4 is 0 Å². The van der Waals surface area contributed by atoms with Gasteiger partial charge in [0.15, 0.2) is 0 Å². The van der Waals surface area contributed by atoms with Crippen LogP contribution < -0.4 is 10.5 Å². The third-order valence-electron chi connectivity index (χ3n) is 3.07. The molecule has 1 aliphatic carbocycles. The Labute approximate surface area is 89.9 Å². The fourth-order valence-electron chi connectivity index (χ4n) is 1.68. The number of nitrogens with two attached hydrogens (primary N) is 1. The Balaban J connectivity index is 2.05. The molecular weight excluding hydrogens is 190 g/mol. The molecular formula is C12H17NO2. The zero-order chi connectivity index (χ0) is 10.9. The molecule has 1 fully saturated rings. The fourth-order valence-corrected chi connectivity index (χ4v) is 1.68. The van der Waals surface area contributed by atoms with E-state index < -0.39 is 0 Å². The Morgan fingerprint density at radius 1 is 1.47 bits per heavy atom. The molecule has 1 aliphatic rings. The quantitative estimate of drug-likeness (QED) is 0.791. The third-order valence-corrected chi connectivity index (χ3v) is 3.07. The lowest BCUT2D eigenvalue weighted by atomic mass is 10.0. The first-order valence-corrected chi connectivity index (χ1v) is 5.28. The number of phenols is 1. The van der Waals surface area contributed by atoms with Gasteiger partial charge in [0.1, 0.15) is 11.5 Å². The maximum absolute atomic E-state index is 9.65. The summed E-state index contributed by atoms with van der Waals surface area (Å²) in [6.07, 6.45) is 3.97. The Bertz CT molecular complexity index is 359. The highest BCUT2D eigenvalue weighted by atomic mass is 16.5. The van der Waals surface area contributed by atoms with Crippen LogP contribution in [0, 0.1) is 0 Å². The standard InChI is InChI=1S/C12H17NO2/c1-15-10-2-3-11(14)9(8-10)4-5-12(13)6-7-12/h2-3,8,14H,4-7,13H2,1H3. The van der Waals surface area contributed by atoms with Gasteiger partial charge >= 0.3 is 0 Å². The molecule has 1 aromatic carbocycles. The van der Waals surface area contributed by atoms with Crippen molar-refractivity contribution in [3.8, 4) is 11.5 Å². The molecule has 3 heteroatoms. The SMILES string of the molecule is COc1ccc(O)c(CCC2(N)CC2)c1. The van der Waals surface area contributed by atoms with E-state index in [1.165, 1.54) is 0 Å². The second-order valence-electron chi connectivity index (χ2n) is 4.36. The minimum absolute atomic E-state index is 0.0372. The molecule has 82 valence electrons. The summed E-state index contributed by atoms with van der Waals surface area (Å²) in [5.74, 6) is 1.12. The van der Waals surface area contributed by atoms with Gasteiger partial charge in [-0.3, -0.25) is 0 Å². The number of ether oxygens (including phenoxy) is 1. The van der Waals surface area contributed by atoms with E-state index in [0.717, 1.165) is 37.0 Å². The summed E-state index contributed by atoms with van der Waals surface area (Å²) in [6, 6.07) is 5.31. The Hall–Kier alpha value is -1.22. The van der Waals surface area contributed by atoms with E-state index in [9.17, 15) is 5.11 Å². The maximum Gasteiger partial charge on any atom is 0.119 e. The molecule has 0 atom stereocenters. The second kappa shape index (κ2) is 3.74. The van der Waals surface area contributed by atoms with E-state index in [0.29, 0.717) is 5.75 Å². The van der Waals surface area contributed by atoms with Crippen LogP contribution in [0.4, 0.5) is 0 Å². The van der Waals surface area contributed by atoms with Crippen LogP contribution in [0.3, 0.4) is 0 Å². The number of rotatable bonds is 4. The van der Waals surface area contributed by atoms with Gasteiger partial charge in [-0.05, 0) is 49.4 Å². The van der Waals surface area contributed by atoms with Gasteiger partial charge in [0.2, 0.25) is 0 Å². The van der Waals surface area contributed by atoms with E-state index in [1.54, 1.807) is 19.2 Å². The van der Waals surface area contributed by atoms with E-state index >= 15 is 0 Å². The van der Waals surface area contributed by atoms with Gasteiger partial charge < -0.3 is 15.6 Å². The van der Waals surface area contributed by atoms with Crippen molar-refractivity contribution in [1.82, 2.24) is 0 Å². The summed E-state index contributed by atoms with van der Waals surface area (Å²) in [5.41, 5.74) is 6.96. The number of aryl methyl sites for hydroxylation is 1. The zero-order valence-electron chi connectivity index (χ0n) is 8.99. The van der Waals surface area contributed by atoms with Crippen LogP contribution >= 0.6 is 0 Å². The molecule has 0 spiro atoms. The average Bonchev–Trinajstić information content (AvgIpc) is 2.96. The van der Waals surface area contributed by atoms with E-state index in [4.69, 9.17) is 10.5 Å². The van der Waals surface area contributed by atoms with E-state index in [1.807, 2.05) is 6.07 Å². The third kappa shape index (κ3) is 2.42. The van der Waals surface area contributed by atoms with Gasteiger partial charge in [-0.1, -0.05) is 0 Å². The molecule has 0 aromatic heterocycles. The van der Waals surface area contributed by atoms with E-state index in [2.05, 4.69) is 0 Å². The first kappa shape index (κ1) is 10.3. The van der Waals surface area contributed by atoms with E-state index in [-0.39, 0.29) is 5.54 Å². The van der Waals surface area contributed by atoms with Crippen molar-refractivity contribution in [2.45, 2.75) is 31.2 Å². The van der Waals surface area contributed by atoms with Gasteiger partial charge in [0, 0.05) is 5.54 Å². The number of phenolic OH excluding ortho intramolecular Hbond substituents is 1. The van der Waals surface area contributed by atoms with Crippen LogP contribution in [0.2, 0.25) is 0 Å². The van der Waals surface area contributed by atoms with Gasteiger partial charge in [-0.2, -0.15) is 0 Å². The Morgan fingerprint density at radius 2 is 2.20 bits per heavy atom. The van der Waals surface area contributed by atoms with Crippen LogP contribution in [-0.2, 0) is 6.42 Å². The highest BCUT2D eigenvalue weighted by molar-refractivity contribution is 5.39. The first-order chi connectivity index (χ1) is 7.13. The van der Waals surface area contributed by atoms with Gasteiger partial charge in [0.05, 0.1) is 7.11 Å². The molecule has 0 amide bonds. The molecule has 1 saturated carbocycles. The van der Waals surface area contributed by atoms with Crippen LogP contribution in [0.25, 0.3) is 0 Å². The molecule has 0 unspecified atom stereocenters. The number of benzene rings is 1. The number of aromatic hydroxyl groups is 1. The maximum atomic E-state index is 9.65. The molecule has 0 heterocycles. The van der Waals surface area contributed by atoms with Crippen molar-refractivity contribution < 1.29 is 9.84 Å². The monoisotopic (exact) mass is 207 g/mol. The minimum Gasteiger partial charge on any atom is -0.508 e. The molecule has 1 aromatic rings. The molecule has 3 N–H and O–H groups in total. The van der Waals surface area contributed by atoms with Crippen molar-refractivity contribution in [3.63, 3.8) is 0 Å². The minimum atomic E-state index is 0.0372. The average molecular weight is 207 g/mol. The predicted octanol–water partition coefficient (Wildman–Crippen LogP) is 1.82. The van der Waals surface area contributed by atoms with Gasteiger partial charge in [0.25, 0.3) is 0 Å². The molecule has 0 radical (unpaired) electrons. The molecule has 2 rings (SSSR count). The van der Waals surface area contributed by atoms with Crippen LogP contribution in [0.15, 0.2) is 18.2 Å². The molecule has 3 nitrogen and oxygen atoms in total. The summed E-state index contributed by atoms with van der Waals surface area (Å²) >= 11 is 0. The van der Waals surface area contributed by atoms with Crippen LogP contribution in [0.5, 0.6) is 11.5 Å².